The highest BCUT2D eigenvalue weighted by molar-refractivity contribution is 5.79. The summed E-state index contributed by atoms with van der Waals surface area (Å²) in [5, 5.41) is 6.06. The van der Waals surface area contributed by atoms with Gasteiger partial charge in [0.25, 0.3) is 0 Å². The van der Waals surface area contributed by atoms with E-state index in [2.05, 4.69) is 46.7 Å². The zero-order chi connectivity index (χ0) is 22.2. The van der Waals surface area contributed by atoms with Crippen LogP contribution in [-0.2, 0) is 16.1 Å². The van der Waals surface area contributed by atoms with Crippen molar-refractivity contribution in [2.45, 2.75) is 51.7 Å². The lowest BCUT2D eigenvalue weighted by Crippen LogP contribution is -2.45. The first kappa shape index (κ1) is 22.8. The molecule has 0 aliphatic carbocycles. The first-order valence-electron chi connectivity index (χ1n) is 10.9. The summed E-state index contributed by atoms with van der Waals surface area (Å²) in [5.41, 5.74) is 3.50. The molecule has 2 N–H and O–H groups in total. The molecule has 1 fully saturated rings. The number of likely N-dealkylation sites (tertiary alicyclic amines) is 1. The molecule has 166 valence electrons. The Balaban J connectivity index is 1.50. The largest absolute Gasteiger partial charge is 0.497 e. The van der Waals surface area contributed by atoms with Crippen LogP contribution in [0.4, 0.5) is 0 Å². The number of benzene rings is 2. The zero-order valence-corrected chi connectivity index (χ0v) is 18.7. The summed E-state index contributed by atoms with van der Waals surface area (Å²) in [6, 6.07) is 15.9. The molecule has 1 aliphatic heterocycles. The highest BCUT2D eigenvalue weighted by Crippen LogP contribution is 2.21. The third-order valence-electron chi connectivity index (χ3n) is 5.73. The first-order valence-corrected chi connectivity index (χ1v) is 10.9. The molecular formula is C25H33N3O3. The van der Waals surface area contributed by atoms with Crippen LogP contribution < -0.4 is 15.4 Å². The molecule has 31 heavy (non-hydrogen) atoms. The molecule has 0 spiro atoms. The van der Waals surface area contributed by atoms with E-state index in [1.807, 2.05) is 24.3 Å². The van der Waals surface area contributed by atoms with E-state index >= 15 is 0 Å². The summed E-state index contributed by atoms with van der Waals surface area (Å²) < 4.78 is 5.19. The number of carbonyl (C=O) groups excluding carboxylic acids is 2. The number of hydrogen-bond donors (Lipinski definition) is 2. The monoisotopic (exact) mass is 423 g/mol. The van der Waals surface area contributed by atoms with E-state index in [-0.39, 0.29) is 30.3 Å². The molecule has 3 rings (SSSR count). The van der Waals surface area contributed by atoms with Crippen LogP contribution in [0.1, 0.15) is 48.9 Å². The van der Waals surface area contributed by atoms with Gasteiger partial charge in [-0.2, -0.15) is 0 Å². The summed E-state index contributed by atoms with van der Waals surface area (Å²) >= 11 is 0. The van der Waals surface area contributed by atoms with E-state index in [1.54, 1.807) is 7.11 Å². The predicted octanol–water partition coefficient (Wildman–Crippen LogP) is 3.35. The number of aryl methyl sites for hydroxylation is 1. The fraction of sp³-hybridized carbons (Fsp3) is 0.440. The summed E-state index contributed by atoms with van der Waals surface area (Å²) in [7, 11) is 1.61. The molecule has 2 aromatic carbocycles. The lowest BCUT2D eigenvalue weighted by molar-refractivity contribution is -0.123. The van der Waals surface area contributed by atoms with Crippen LogP contribution in [-0.4, -0.2) is 43.0 Å². The molecule has 1 aliphatic rings. The molecule has 1 heterocycles. The molecule has 2 amide bonds. The van der Waals surface area contributed by atoms with Crippen LogP contribution in [0.25, 0.3) is 0 Å². The minimum atomic E-state index is -0.357. The normalized spacial score (nSPS) is 15.8. The highest BCUT2D eigenvalue weighted by atomic mass is 16.5. The second-order valence-corrected chi connectivity index (χ2v) is 8.34. The van der Waals surface area contributed by atoms with E-state index < -0.39 is 0 Å². The number of carbonyl (C=O) groups is 2. The Morgan fingerprint density at radius 2 is 1.84 bits per heavy atom. The van der Waals surface area contributed by atoms with E-state index in [1.165, 1.54) is 18.1 Å². The number of methoxy groups -OCH3 is 1. The second-order valence-electron chi connectivity index (χ2n) is 8.34. The molecule has 0 bridgehead atoms. The van der Waals surface area contributed by atoms with Gasteiger partial charge in [-0.05, 0) is 43.0 Å². The molecule has 0 aromatic heterocycles. The lowest BCUT2D eigenvalue weighted by atomic mass is 10.0. The molecule has 1 saturated heterocycles. The Labute approximate surface area is 185 Å². The number of hydrogen-bond acceptors (Lipinski definition) is 4. The Morgan fingerprint density at radius 3 is 2.45 bits per heavy atom. The van der Waals surface area contributed by atoms with Gasteiger partial charge >= 0.3 is 0 Å². The van der Waals surface area contributed by atoms with Gasteiger partial charge in [0, 0.05) is 32.6 Å². The van der Waals surface area contributed by atoms with Gasteiger partial charge in [-0.15, -0.1) is 0 Å². The quantitative estimate of drug-likeness (QED) is 0.683. The van der Waals surface area contributed by atoms with Crippen LogP contribution >= 0.6 is 0 Å². The fourth-order valence-corrected chi connectivity index (χ4v) is 4.11. The topological polar surface area (TPSA) is 70.7 Å². The third-order valence-corrected chi connectivity index (χ3v) is 5.73. The standard InChI is InChI=1S/C25H33N3O3/c1-18-5-4-6-20(15-18)17-28-13-11-22(12-14-28)27-25(30)16-24(26-19(2)29)21-7-9-23(31-3)10-8-21/h4-10,15,22,24H,11-14,16-17H2,1-3H3,(H,26,29)(H,27,30). The van der Waals surface area contributed by atoms with Crippen molar-refractivity contribution in [1.29, 1.82) is 0 Å². The van der Waals surface area contributed by atoms with Gasteiger partial charge in [0.15, 0.2) is 0 Å². The second kappa shape index (κ2) is 11.0. The van der Waals surface area contributed by atoms with Crippen LogP contribution in [0.5, 0.6) is 5.75 Å². The van der Waals surface area contributed by atoms with Gasteiger partial charge < -0.3 is 15.4 Å². The van der Waals surface area contributed by atoms with Gasteiger partial charge in [-0.3, -0.25) is 14.5 Å². The Kier molecular flexibility index (Phi) is 8.06. The number of nitrogens with zero attached hydrogens (tertiary/aromatic N) is 1. The van der Waals surface area contributed by atoms with Crippen molar-refractivity contribution in [2.75, 3.05) is 20.2 Å². The summed E-state index contributed by atoms with van der Waals surface area (Å²) in [4.78, 5) is 26.8. The van der Waals surface area contributed by atoms with E-state index in [0.717, 1.165) is 43.8 Å². The Hall–Kier alpha value is -2.86. The molecule has 6 heteroatoms. The molecule has 0 saturated carbocycles. The summed E-state index contributed by atoms with van der Waals surface area (Å²) in [6.07, 6.45) is 2.09. The Morgan fingerprint density at radius 1 is 1.13 bits per heavy atom. The van der Waals surface area contributed by atoms with Crippen molar-refractivity contribution >= 4 is 11.8 Å². The van der Waals surface area contributed by atoms with Crippen molar-refractivity contribution in [3.05, 3.63) is 65.2 Å². The number of rotatable bonds is 8. The van der Waals surface area contributed by atoms with Gasteiger partial charge in [0.1, 0.15) is 5.75 Å². The minimum Gasteiger partial charge on any atom is -0.497 e. The maximum absolute atomic E-state index is 12.7. The van der Waals surface area contributed by atoms with Crippen LogP contribution in [0.3, 0.4) is 0 Å². The maximum Gasteiger partial charge on any atom is 0.222 e. The van der Waals surface area contributed by atoms with E-state index in [9.17, 15) is 9.59 Å². The highest BCUT2D eigenvalue weighted by Gasteiger charge is 2.23. The zero-order valence-electron chi connectivity index (χ0n) is 18.7. The molecule has 2 aromatic rings. The average molecular weight is 424 g/mol. The summed E-state index contributed by atoms with van der Waals surface area (Å²) in [6.45, 7) is 6.47. The van der Waals surface area contributed by atoms with Crippen LogP contribution in [0.2, 0.25) is 0 Å². The number of nitrogens with one attached hydrogen (secondary N) is 2. The molecule has 1 unspecified atom stereocenters. The van der Waals surface area contributed by atoms with Crippen molar-refractivity contribution in [3.63, 3.8) is 0 Å². The first-order chi connectivity index (χ1) is 14.9. The Bertz CT molecular complexity index is 874. The lowest BCUT2D eigenvalue weighted by Gasteiger charge is -2.32. The number of piperidine rings is 1. The number of amides is 2. The van der Waals surface area contributed by atoms with Gasteiger partial charge in [0.2, 0.25) is 11.8 Å². The van der Waals surface area contributed by atoms with E-state index in [4.69, 9.17) is 4.74 Å². The minimum absolute atomic E-state index is 0.0355. The fourth-order valence-electron chi connectivity index (χ4n) is 4.11. The van der Waals surface area contributed by atoms with Crippen LogP contribution in [0, 0.1) is 6.92 Å². The van der Waals surface area contributed by atoms with Crippen molar-refractivity contribution in [3.8, 4) is 5.75 Å². The van der Waals surface area contributed by atoms with Crippen molar-refractivity contribution in [2.24, 2.45) is 0 Å². The van der Waals surface area contributed by atoms with Crippen LogP contribution in [0.15, 0.2) is 48.5 Å². The molecule has 0 radical (unpaired) electrons. The van der Waals surface area contributed by atoms with E-state index in [0.29, 0.717) is 0 Å². The van der Waals surface area contributed by atoms with Crippen molar-refractivity contribution in [1.82, 2.24) is 15.5 Å². The predicted molar refractivity (Wildman–Crippen MR) is 122 cm³/mol. The molecular weight excluding hydrogens is 390 g/mol. The number of ether oxygens (including phenoxy) is 1. The van der Waals surface area contributed by atoms with Gasteiger partial charge in [-0.25, -0.2) is 0 Å². The SMILES string of the molecule is COc1ccc(C(CC(=O)NC2CCN(Cc3cccc(C)c3)CC2)NC(C)=O)cc1. The van der Waals surface area contributed by atoms with Gasteiger partial charge in [-0.1, -0.05) is 42.0 Å². The van der Waals surface area contributed by atoms with Gasteiger partial charge in [0.05, 0.1) is 19.6 Å². The summed E-state index contributed by atoms with van der Waals surface area (Å²) in [5.74, 6) is 0.553. The average Bonchev–Trinajstić information content (AvgIpc) is 2.74. The maximum atomic E-state index is 12.7. The molecule has 1 atom stereocenters. The molecule has 6 nitrogen and oxygen atoms in total. The smallest absolute Gasteiger partial charge is 0.222 e. The van der Waals surface area contributed by atoms with Crippen molar-refractivity contribution < 1.29 is 14.3 Å². The third kappa shape index (κ3) is 7.10.